The van der Waals surface area contributed by atoms with Crippen molar-refractivity contribution in [1.82, 2.24) is 5.32 Å². The number of carbonyl (C=O) groups excluding carboxylic acids is 1. The average molecular weight is 371 g/mol. The standard InChI is InChI=1S/C17H25NO6S/c1-11-6-7-12(10-14(11)25(5,22)23)15(19)18-13(16(20)21)8-9-24-17(2,3)4/h6-7,10,13H,8-9H2,1-5H3,(H,18,19)(H,20,21). The lowest BCUT2D eigenvalue weighted by molar-refractivity contribution is -0.140. The molecular weight excluding hydrogens is 346 g/mol. The van der Waals surface area contributed by atoms with E-state index in [0.29, 0.717) is 5.56 Å². The molecule has 1 atom stereocenters. The summed E-state index contributed by atoms with van der Waals surface area (Å²) in [7, 11) is -3.48. The number of carboxylic acid groups (broad SMARTS) is 1. The van der Waals surface area contributed by atoms with E-state index in [0.717, 1.165) is 6.26 Å². The van der Waals surface area contributed by atoms with Gasteiger partial charge in [-0.3, -0.25) is 4.79 Å². The molecule has 0 bridgehead atoms. The van der Waals surface area contributed by atoms with Gasteiger partial charge in [0.25, 0.3) is 5.91 Å². The van der Waals surface area contributed by atoms with Crippen molar-refractivity contribution in [2.45, 2.75) is 50.7 Å². The van der Waals surface area contributed by atoms with Gasteiger partial charge in [-0.15, -0.1) is 0 Å². The van der Waals surface area contributed by atoms with Crippen molar-refractivity contribution in [2.75, 3.05) is 12.9 Å². The van der Waals surface area contributed by atoms with E-state index in [1.807, 2.05) is 20.8 Å². The Kier molecular flexibility index (Phi) is 6.73. The summed E-state index contributed by atoms with van der Waals surface area (Å²) in [5.74, 6) is -1.82. The number of hydrogen-bond acceptors (Lipinski definition) is 5. The van der Waals surface area contributed by atoms with Crippen molar-refractivity contribution in [1.29, 1.82) is 0 Å². The molecule has 25 heavy (non-hydrogen) atoms. The SMILES string of the molecule is Cc1ccc(C(=O)NC(CCOC(C)(C)C)C(=O)O)cc1S(C)(=O)=O. The Bertz CT molecular complexity index is 749. The molecule has 1 rings (SSSR count). The summed E-state index contributed by atoms with van der Waals surface area (Å²) in [6, 6.07) is 3.11. The van der Waals surface area contributed by atoms with E-state index < -0.39 is 33.4 Å². The highest BCUT2D eigenvalue weighted by Crippen LogP contribution is 2.17. The highest BCUT2D eigenvalue weighted by atomic mass is 32.2. The molecule has 0 heterocycles. The molecule has 1 aromatic carbocycles. The molecule has 0 spiro atoms. The van der Waals surface area contributed by atoms with Crippen LogP contribution >= 0.6 is 0 Å². The van der Waals surface area contributed by atoms with Crippen LogP contribution < -0.4 is 5.32 Å². The first kappa shape index (κ1) is 21.1. The zero-order valence-electron chi connectivity index (χ0n) is 15.1. The van der Waals surface area contributed by atoms with Gasteiger partial charge in [-0.1, -0.05) is 6.07 Å². The van der Waals surface area contributed by atoms with Crippen molar-refractivity contribution >= 4 is 21.7 Å². The number of aliphatic carboxylic acids is 1. The maximum Gasteiger partial charge on any atom is 0.326 e. The third-order valence-electron chi connectivity index (χ3n) is 3.39. The average Bonchev–Trinajstić information content (AvgIpc) is 2.43. The molecule has 0 aliphatic carbocycles. The molecule has 140 valence electrons. The second-order valence-electron chi connectivity index (χ2n) is 6.87. The number of carboxylic acids is 1. The van der Waals surface area contributed by atoms with Crippen LogP contribution in [0, 0.1) is 6.92 Å². The van der Waals surface area contributed by atoms with E-state index in [1.165, 1.54) is 18.2 Å². The molecule has 0 saturated heterocycles. The van der Waals surface area contributed by atoms with Crippen LogP contribution in [-0.4, -0.2) is 49.9 Å². The molecule has 8 heteroatoms. The van der Waals surface area contributed by atoms with Gasteiger partial charge in [0, 0.05) is 24.8 Å². The predicted molar refractivity (Wildman–Crippen MR) is 93.5 cm³/mol. The summed E-state index contributed by atoms with van der Waals surface area (Å²) in [5.41, 5.74) is 0.204. The third kappa shape index (κ3) is 6.83. The van der Waals surface area contributed by atoms with E-state index in [4.69, 9.17) is 4.74 Å². The Morgan fingerprint density at radius 1 is 1.28 bits per heavy atom. The highest BCUT2D eigenvalue weighted by molar-refractivity contribution is 7.90. The zero-order chi connectivity index (χ0) is 19.4. The Morgan fingerprint density at radius 3 is 2.36 bits per heavy atom. The van der Waals surface area contributed by atoms with Crippen LogP contribution in [0.1, 0.15) is 43.1 Å². The number of rotatable bonds is 7. The lowest BCUT2D eigenvalue weighted by atomic mass is 10.1. The Balaban J connectivity index is 2.89. The largest absolute Gasteiger partial charge is 0.480 e. The van der Waals surface area contributed by atoms with E-state index in [-0.39, 0.29) is 23.5 Å². The Morgan fingerprint density at radius 2 is 1.88 bits per heavy atom. The minimum atomic E-state index is -3.48. The van der Waals surface area contributed by atoms with E-state index in [9.17, 15) is 23.1 Å². The molecule has 7 nitrogen and oxygen atoms in total. The number of sulfone groups is 1. The molecule has 0 radical (unpaired) electrons. The monoisotopic (exact) mass is 371 g/mol. The second-order valence-corrected chi connectivity index (χ2v) is 8.85. The molecule has 2 N–H and O–H groups in total. The molecule has 1 unspecified atom stereocenters. The first-order valence-corrected chi connectivity index (χ1v) is 9.69. The Hall–Kier alpha value is -1.93. The maximum atomic E-state index is 12.3. The summed E-state index contributed by atoms with van der Waals surface area (Å²) >= 11 is 0. The Labute approximate surface area is 148 Å². The quantitative estimate of drug-likeness (QED) is 0.756. The van der Waals surface area contributed by atoms with Crippen LogP contribution in [0.5, 0.6) is 0 Å². The van der Waals surface area contributed by atoms with Crippen molar-refractivity contribution in [3.63, 3.8) is 0 Å². The number of nitrogens with one attached hydrogen (secondary N) is 1. The molecule has 0 saturated carbocycles. The van der Waals surface area contributed by atoms with Crippen molar-refractivity contribution in [2.24, 2.45) is 0 Å². The minimum Gasteiger partial charge on any atom is -0.480 e. The molecule has 0 fully saturated rings. The van der Waals surface area contributed by atoms with Crippen LogP contribution in [0.25, 0.3) is 0 Å². The van der Waals surface area contributed by atoms with Gasteiger partial charge in [0.2, 0.25) is 0 Å². The number of ether oxygens (including phenoxy) is 1. The summed E-state index contributed by atoms with van der Waals surface area (Å²) < 4.78 is 29.0. The van der Waals surface area contributed by atoms with E-state index in [2.05, 4.69) is 5.32 Å². The molecular formula is C17H25NO6S. The van der Waals surface area contributed by atoms with Crippen LogP contribution in [0.4, 0.5) is 0 Å². The van der Waals surface area contributed by atoms with Gasteiger partial charge >= 0.3 is 5.97 Å². The molecule has 1 amide bonds. The smallest absolute Gasteiger partial charge is 0.326 e. The fourth-order valence-electron chi connectivity index (χ4n) is 2.12. The fourth-order valence-corrected chi connectivity index (χ4v) is 3.12. The number of carbonyl (C=O) groups is 2. The first-order chi connectivity index (χ1) is 11.3. The van der Waals surface area contributed by atoms with Gasteiger partial charge in [-0.2, -0.15) is 0 Å². The van der Waals surface area contributed by atoms with Crippen LogP contribution in [-0.2, 0) is 19.4 Å². The minimum absolute atomic E-state index is 0.0445. The van der Waals surface area contributed by atoms with Gasteiger partial charge in [0.15, 0.2) is 9.84 Å². The first-order valence-electron chi connectivity index (χ1n) is 7.79. The normalized spacial score (nSPS) is 13.3. The maximum absolute atomic E-state index is 12.3. The topological polar surface area (TPSA) is 110 Å². The molecule has 0 aromatic heterocycles. The van der Waals surface area contributed by atoms with Gasteiger partial charge in [-0.25, -0.2) is 13.2 Å². The van der Waals surface area contributed by atoms with Gasteiger partial charge in [-0.05, 0) is 45.4 Å². The van der Waals surface area contributed by atoms with Crippen molar-refractivity contribution in [3.8, 4) is 0 Å². The summed E-state index contributed by atoms with van der Waals surface area (Å²) in [6.45, 7) is 7.34. The fraction of sp³-hybridized carbons (Fsp3) is 0.529. The van der Waals surface area contributed by atoms with Gasteiger partial charge < -0.3 is 15.2 Å². The number of aryl methyl sites for hydroxylation is 1. The van der Waals surface area contributed by atoms with E-state index >= 15 is 0 Å². The highest BCUT2D eigenvalue weighted by Gasteiger charge is 2.23. The molecule has 0 aliphatic rings. The number of hydrogen-bond donors (Lipinski definition) is 2. The molecule has 0 aliphatic heterocycles. The summed E-state index contributed by atoms with van der Waals surface area (Å²) in [6.07, 6.45) is 1.16. The zero-order valence-corrected chi connectivity index (χ0v) is 15.9. The van der Waals surface area contributed by atoms with Gasteiger partial charge in [0.1, 0.15) is 6.04 Å². The third-order valence-corrected chi connectivity index (χ3v) is 4.63. The number of benzene rings is 1. The van der Waals surface area contributed by atoms with E-state index in [1.54, 1.807) is 6.92 Å². The molecule has 1 aromatic rings. The summed E-state index contributed by atoms with van der Waals surface area (Å²) in [4.78, 5) is 23.7. The van der Waals surface area contributed by atoms with Crippen molar-refractivity contribution < 1.29 is 27.9 Å². The lowest BCUT2D eigenvalue weighted by Gasteiger charge is -2.21. The summed E-state index contributed by atoms with van der Waals surface area (Å²) in [5, 5.41) is 11.7. The second kappa shape index (κ2) is 7.97. The van der Waals surface area contributed by atoms with Crippen molar-refractivity contribution in [3.05, 3.63) is 29.3 Å². The number of amides is 1. The van der Waals surface area contributed by atoms with Crippen LogP contribution in [0.3, 0.4) is 0 Å². The lowest BCUT2D eigenvalue weighted by Crippen LogP contribution is -2.42. The predicted octanol–water partition coefficient (Wildman–Crippen LogP) is 1.79. The van der Waals surface area contributed by atoms with Gasteiger partial charge in [0.05, 0.1) is 10.5 Å². The van der Waals surface area contributed by atoms with Crippen LogP contribution in [0.15, 0.2) is 23.1 Å². The van der Waals surface area contributed by atoms with Crippen LogP contribution in [0.2, 0.25) is 0 Å².